The molecule has 3 rings (SSSR count). The number of benzene rings is 1. The zero-order valence-corrected chi connectivity index (χ0v) is 17.1. The summed E-state index contributed by atoms with van der Waals surface area (Å²) in [5, 5.41) is 0. The SMILES string of the molecule is COc1ccc(N2CCN(C(=O)CCN(Cc3ccccn3)C(C)=O)CC2)cc1. The van der Waals surface area contributed by atoms with E-state index in [2.05, 4.69) is 9.88 Å². The van der Waals surface area contributed by atoms with E-state index < -0.39 is 0 Å². The van der Waals surface area contributed by atoms with Gasteiger partial charge >= 0.3 is 0 Å². The number of amides is 2. The summed E-state index contributed by atoms with van der Waals surface area (Å²) in [6, 6.07) is 13.6. The molecule has 1 aromatic carbocycles. The molecule has 2 aromatic rings. The first kappa shape index (κ1) is 20.6. The van der Waals surface area contributed by atoms with Gasteiger partial charge in [0, 0.05) is 58.0 Å². The predicted molar refractivity (Wildman–Crippen MR) is 112 cm³/mol. The molecule has 29 heavy (non-hydrogen) atoms. The Labute approximate surface area is 171 Å². The molecule has 0 atom stereocenters. The minimum atomic E-state index is -0.0484. The fraction of sp³-hybridized carbons (Fsp3) is 0.409. The fourth-order valence-corrected chi connectivity index (χ4v) is 3.43. The molecule has 0 spiro atoms. The monoisotopic (exact) mass is 396 g/mol. The summed E-state index contributed by atoms with van der Waals surface area (Å²) in [4.78, 5) is 34.7. The molecule has 1 aliphatic heterocycles. The number of rotatable bonds is 7. The van der Waals surface area contributed by atoms with Crippen molar-refractivity contribution in [3.05, 3.63) is 54.4 Å². The minimum absolute atomic E-state index is 0.0484. The van der Waals surface area contributed by atoms with Gasteiger partial charge < -0.3 is 19.4 Å². The number of aromatic nitrogens is 1. The van der Waals surface area contributed by atoms with Gasteiger partial charge in [0.1, 0.15) is 5.75 Å². The van der Waals surface area contributed by atoms with Crippen LogP contribution in [-0.2, 0) is 16.1 Å². The Morgan fingerprint density at radius 3 is 2.38 bits per heavy atom. The number of methoxy groups -OCH3 is 1. The van der Waals surface area contributed by atoms with Gasteiger partial charge in [0.25, 0.3) is 0 Å². The van der Waals surface area contributed by atoms with Crippen molar-refractivity contribution >= 4 is 17.5 Å². The van der Waals surface area contributed by atoms with Gasteiger partial charge in [-0.1, -0.05) is 6.07 Å². The molecule has 0 aliphatic carbocycles. The van der Waals surface area contributed by atoms with Crippen LogP contribution in [0.25, 0.3) is 0 Å². The molecule has 0 radical (unpaired) electrons. The van der Waals surface area contributed by atoms with E-state index in [1.807, 2.05) is 47.4 Å². The molecule has 7 heteroatoms. The molecule has 0 saturated carbocycles. The van der Waals surface area contributed by atoms with Crippen molar-refractivity contribution in [2.45, 2.75) is 19.9 Å². The van der Waals surface area contributed by atoms with Crippen LogP contribution in [-0.4, -0.2) is 66.4 Å². The summed E-state index contributed by atoms with van der Waals surface area (Å²) in [6.45, 7) is 5.32. The van der Waals surface area contributed by atoms with Crippen LogP contribution in [0.3, 0.4) is 0 Å². The molecular formula is C22H28N4O3. The zero-order valence-electron chi connectivity index (χ0n) is 17.1. The topological polar surface area (TPSA) is 66.0 Å². The van der Waals surface area contributed by atoms with Crippen LogP contribution in [0.2, 0.25) is 0 Å². The average Bonchev–Trinajstić information content (AvgIpc) is 2.77. The summed E-state index contributed by atoms with van der Waals surface area (Å²) in [5.74, 6) is 0.878. The number of piperazine rings is 1. The summed E-state index contributed by atoms with van der Waals surface area (Å²) >= 11 is 0. The molecule has 154 valence electrons. The van der Waals surface area contributed by atoms with Gasteiger partial charge in [0.2, 0.25) is 11.8 Å². The molecule has 0 unspecified atom stereocenters. The van der Waals surface area contributed by atoms with Gasteiger partial charge in [-0.25, -0.2) is 0 Å². The lowest BCUT2D eigenvalue weighted by Crippen LogP contribution is -2.49. The Balaban J connectivity index is 1.47. The highest BCUT2D eigenvalue weighted by molar-refractivity contribution is 5.78. The molecule has 0 bridgehead atoms. The maximum absolute atomic E-state index is 12.6. The Hall–Kier alpha value is -3.09. The average molecular weight is 396 g/mol. The van der Waals surface area contributed by atoms with Crippen LogP contribution < -0.4 is 9.64 Å². The number of hydrogen-bond donors (Lipinski definition) is 0. The second kappa shape index (κ2) is 9.91. The largest absolute Gasteiger partial charge is 0.497 e. The number of carbonyl (C=O) groups is 2. The van der Waals surface area contributed by atoms with E-state index in [4.69, 9.17) is 4.74 Å². The summed E-state index contributed by atoms with van der Waals surface area (Å²) in [5.41, 5.74) is 1.96. The lowest BCUT2D eigenvalue weighted by molar-refractivity contribution is -0.134. The number of nitrogens with zero attached hydrogens (tertiary/aromatic N) is 4. The van der Waals surface area contributed by atoms with E-state index in [1.54, 1.807) is 18.2 Å². The highest BCUT2D eigenvalue weighted by Crippen LogP contribution is 2.20. The molecule has 1 saturated heterocycles. The Bertz CT molecular complexity index is 803. The normalized spacial score (nSPS) is 13.9. The van der Waals surface area contributed by atoms with Crippen LogP contribution >= 0.6 is 0 Å². The van der Waals surface area contributed by atoms with Gasteiger partial charge in [-0.15, -0.1) is 0 Å². The second-order valence-electron chi connectivity index (χ2n) is 7.08. The highest BCUT2D eigenvalue weighted by atomic mass is 16.5. The first-order valence-electron chi connectivity index (χ1n) is 9.89. The van der Waals surface area contributed by atoms with Gasteiger partial charge in [-0.2, -0.15) is 0 Å². The number of ether oxygens (including phenoxy) is 1. The Morgan fingerprint density at radius 2 is 1.79 bits per heavy atom. The van der Waals surface area contributed by atoms with Crippen molar-refractivity contribution in [3.8, 4) is 5.75 Å². The third-order valence-corrected chi connectivity index (χ3v) is 5.19. The van der Waals surface area contributed by atoms with E-state index in [1.165, 1.54) is 6.92 Å². The Morgan fingerprint density at radius 1 is 1.07 bits per heavy atom. The van der Waals surface area contributed by atoms with Gasteiger partial charge in [0.15, 0.2) is 0 Å². The first-order valence-corrected chi connectivity index (χ1v) is 9.89. The standard InChI is InChI=1S/C22H28N4O3/c1-18(27)26(17-19-5-3-4-11-23-19)12-10-22(28)25-15-13-24(14-16-25)20-6-8-21(29-2)9-7-20/h3-9,11H,10,12-17H2,1-2H3. The molecule has 1 aliphatic rings. The maximum atomic E-state index is 12.6. The van der Waals surface area contributed by atoms with Gasteiger partial charge in [0.05, 0.1) is 19.3 Å². The number of hydrogen-bond acceptors (Lipinski definition) is 5. The van der Waals surface area contributed by atoms with E-state index >= 15 is 0 Å². The van der Waals surface area contributed by atoms with E-state index in [0.29, 0.717) is 32.6 Å². The van der Waals surface area contributed by atoms with Crippen molar-refractivity contribution in [1.29, 1.82) is 0 Å². The number of carbonyl (C=O) groups excluding carboxylic acids is 2. The Kier molecular flexibility index (Phi) is 7.05. The third-order valence-electron chi connectivity index (χ3n) is 5.19. The fourth-order valence-electron chi connectivity index (χ4n) is 3.43. The van der Waals surface area contributed by atoms with Crippen LogP contribution in [0.1, 0.15) is 19.0 Å². The van der Waals surface area contributed by atoms with Crippen molar-refractivity contribution in [2.24, 2.45) is 0 Å². The highest BCUT2D eigenvalue weighted by Gasteiger charge is 2.22. The lowest BCUT2D eigenvalue weighted by Gasteiger charge is -2.36. The van der Waals surface area contributed by atoms with Crippen molar-refractivity contribution in [1.82, 2.24) is 14.8 Å². The predicted octanol–water partition coefficient (Wildman–Crippen LogP) is 2.18. The smallest absolute Gasteiger partial charge is 0.224 e. The maximum Gasteiger partial charge on any atom is 0.224 e. The quantitative estimate of drug-likeness (QED) is 0.718. The lowest BCUT2D eigenvalue weighted by atomic mass is 10.2. The van der Waals surface area contributed by atoms with Crippen molar-refractivity contribution in [2.75, 3.05) is 44.7 Å². The van der Waals surface area contributed by atoms with Crippen molar-refractivity contribution in [3.63, 3.8) is 0 Å². The van der Waals surface area contributed by atoms with Crippen LogP contribution in [0.5, 0.6) is 5.75 Å². The molecule has 1 aromatic heterocycles. The molecule has 0 N–H and O–H groups in total. The van der Waals surface area contributed by atoms with Gasteiger partial charge in [-0.05, 0) is 36.4 Å². The van der Waals surface area contributed by atoms with Crippen LogP contribution in [0.4, 0.5) is 5.69 Å². The summed E-state index contributed by atoms with van der Waals surface area (Å²) in [7, 11) is 1.66. The van der Waals surface area contributed by atoms with E-state index in [0.717, 1.165) is 30.2 Å². The zero-order chi connectivity index (χ0) is 20.6. The second-order valence-corrected chi connectivity index (χ2v) is 7.08. The molecular weight excluding hydrogens is 368 g/mol. The van der Waals surface area contributed by atoms with Crippen LogP contribution in [0, 0.1) is 0 Å². The molecule has 7 nitrogen and oxygen atoms in total. The summed E-state index contributed by atoms with van der Waals surface area (Å²) < 4.78 is 5.20. The third kappa shape index (κ3) is 5.70. The van der Waals surface area contributed by atoms with Crippen molar-refractivity contribution < 1.29 is 14.3 Å². The van der Waals surface area contributed by atoms with Crippen LogP contribution in [0.15, 0.2) is 48.7 Å². The molecule has 2 heterocycles. The van der Waals surface area contributed by atoms with E-state index in [9.17, 15) is 9.59 Å². The summed E-state index contributed by atoms with van der Waals surface area (Å²) in [6.07, 6.45) is 2.04. The van der Waals surface area contributed by atoms with E-state index in [-0.39, 0.29) is 11.8 Å². The molecule has 1 fully saturated rings. The first-order chi connectivity index (χ1) is 14.1. The van der Waals surface area contributed by atoms with Gasteiger partial charge in [-0.3, -0.25) is 14.6 Å². The number of anilines is 1. The minimum Gasteiger partial charge on any atom is -0.497 e. The number of pyridine rings is 1. The molecule has 2 amide bonds.